The summed E-state index contributed by atoms with van der Waals surface area (Å²) in [6.45, 7) is 6.08. The number of nitrogens with zero attached hydrogens (tertiary/aromatic N) is 1. The van der Waals surface area contributed by atoms with Crippen molar-refractivity contribution in [2.45, 2.75) is 58.3 Å². The lowest BCUT2D eigenvalue weighted by atomic mass is 9.82. The first kappa shape index (κ1) is 25.7. The number of aryl methyl sites for hydroxylation is 1. The highest BCUT2D eigenvalue weighted by atomic mass is 19.4. The lowest BCUT2D eigenvalue weighted by molar-refractivity contribution is -0.155. The zero-order valence-electron chi connectivity index (χ0n) is 20.6. The van der Waals surface area contributed by atoms with Gasteiger partial charge in [0.15, 0.2) is 0 Å². The normalized spacial score (nSPS) is 20.2. The topological polar surface area (TPSA) is 24.5 Å². The molecule has 1 aliphatic heterocycles. The van der Waals surface area contributed by atoms with Gasteiger partial charge in [0.1, 0.15) is 12.4 Å². The van der Waals surface area contributed by atoms with Crippen molar-refractivity contribution in [1.29, 1.82) is 0 Å². The van der Waals surface area contributed by atoms with Crippen LogP contribution in [0.15, 0.2) is 42.0 Å². The first-order valence-corrected chi connectivity index (χ1v) is 12.3. The maximum absolute atomic E-state index is 13.8. The van der Waals surface area contributed by atoms with E-state index in [-0.39, 0.29) is 12.7 Å². The molecule has 3 nitrogen and oxygen atoms in total. The molecule has 0 fully saturated rings. The van der Waals surface area contributed by atoms with Crippen LogP contribution in [0.25, 0.3) is 5.57 Å². The van der Waals surface area contributed by atoms with E-state index in [1.807, 2.05) is 45.0 Å². The van der Waals surface area contributed by atoms with Gasteiger partial charge in [-0.3, -0.25) is 9.29 Å². The maximum Gasteiger partial charge on any atom is 0.401 e. The summed E-state index contributed by atoms with van der Waals surface area (Å²) in [6.07, 6.45) is -2.56. The second-order valence-corrected chi connectivity index (χ2v) is 9.64. The van der Waals surface area contributed by atoms with E-state index in [1.54, 1.807) is 4.90 Å². The van der Waals surface area contributed by atoms with Gasteiger partial charge in [-0.25, -0.2) is 0 Å². The van der Waals surface area contributed by atoms with E-state index in [0.717, 1.165) is 22.3 Å². The molecule has 190 valence electrons. The number of ether oxygens (including phenoxy) is 1. The zero-order chi connectivity index (χ0) is 25.2. The van der Waals surface area contributed by atoms with Crippen molar-refractivity contribution in [3.8, 4) is 5.75 Å². The lowest BCUT2D eigenvalue weighted by Gasteiger charge is -2.43. The van der Waals surface area contributed by atoms with Gasteiger partial charge in [-0.2, -0.15) is 13.2 Å². The minimum absolute atomic E-state index is 0.255. The molecule has 7 heteroatoms. The van der Waals surface area contributed by atoms with Crippen LogP contribution in [-0.4, -0.2) is 50.0 Å². The van der Waals surface area contributed by atoms with Gasteiger partial charge in [-0.1, -0.05) is 30.3 Å². The van der Waals surface area contributed by atoms with Gasteiger partial charge in [0.05, 0.1) is 19.3 Å². The molecule has 2 aromatic carbocycles. The summed E-state index contributed by atoms with van der Waals surface area (Å²) in [4.78, 5) is 1.63. The second kappa shape index (κ2) is 10.7. The molecule has 0 unspecified atom stereocenters. The van der Waals surface area contributed by atoms with Crippen molar-refractivity contribution in [1.82, 2.24) is 10.2 Å². The SMILES string of the molecule is Cc1ccc(OCCNCCCF)c(C)c1[C@@H]1C2=C(C[C@@H](C)N1CC(F)(F)F)c1ccccc1C2. The molecule has 0 radical (unpaired) electrons. The Kier molecular flexibility index (Phi) is 7.86. The Balaban J connectivity index is 1.71. The molecule has 35 heavy (non-hydrogen) atoms. The summed E-state index contributed by atoms with van der Waals surface area (Å²) in [5.41, 5.74) is 7.37. The van der Waals surface area contributed by atoms with Crippen LogP contribution in [0.5, 0.6) is 5.75 Å². The summed E-state index contributed by atoms with van der Waals surface area (Å²) in [6, 6.07) is 11.3. The van der Waals surface area contributed by atoms with E-state index in [4.69, 9.17) is 4.74 Å². The first-order valence-electron chi connectivity index (χ1n) is 12.3. The minimum atomic E-state index is -4.29. The third kappa shape index (κ3) is 5.56. The van der Waals surface area contributed by atoms with Crippen LogP contribution >= 0.6 is 0 Å². The number of alkyl halides is 4. The first-order chi connectivity index (χ1) is 16.7. The summed E-state index contributed by atoms with van der Waals surface area (Å²) in [5, 5.41) is 3.14. The number of benzene rings is 2. The Morgan fingerprint density at radius 3 is 2.60 bits per heavy atom. The fraction of sp³-hybridized carbons (Fsp3) is 0.500. The standard InChI is InChI=1S/C28H34F4N2O/c1-18-9-10-25(35-14-13-33-12-6-11-29)20(3)26(18)27-24-16-21-7-4-5-8-22(21)23(24)15-19(2)34(27)17-28(30,31)32/h4-5,7-10,19,27,33H,6,11-17H2,1-3H3/t19-,27+/m1/s1. The molecule has 0 amide bonds. The third-order valence-electron chi connectivity index (χ3n) is 7.18. The van der Waals surface area contributed by atoms with Crippen LogP contribution in [0.1, 0.15) is 53.6 Å². The quantitative estimate of drug-likeness (QED) is 0.328. The Hall–Kier alpha value is -2.38. The molecule has 1 N–H and O–H groups in total. The fourth-order valence-electron chi connectivity index (χ4n) is 5.59. The van der Waals surface area contributed by atoms with Gasteiger partial charge in [-0.15, -0.1) is 0 Å². The van der Waals surface area contributed by atoms with E-state index in [1.165, 1.54) is 16.7 Å². The van der Waals surface area contributed by atoms with Gasteiger partial charge >= 0.3 is 6.18 Å². The highest BCUT2D eigenvalue weighted by Crippen LogP contribution is 2.51. The molecule has 0 saturated heterocycles. The number of hydrogen-bond donors (Lipinski definition) is 1. The second-order valence-electron chi connectivity index (χ2n) is 9.64. The largest absolute Gasteiger partial charge is 0.492 e. The Labute approximate surface area is 205 Å². The van der Waals surface area contributed by atoms with Crippen molar-refractivity contribution >= 4 is 5.57 Å². The lowest BCUT2D eigenvalue weighted by Crippen LogP contribution is -2.46. The molecular formula is C28H34F4N2O. The molecule has 2 atom stereocenters. The number of hydrogen-bond acceptors (Lipinski definition) is 3. The van der Waals surface area contributed by atoms with Crippen LogP contribution in [0.3, 0.4) is 0 Å². The van der Waals surface area contributed by atoms with Crippen molar-refractivity contribution in [3.05, 3.63) is 69.8 Å². The van der Waals surface area contributed by atoms with E-state index < -0.39 is 18.8 Å². The minimum Gasteiger partial charge on any atom is -0.492 e. The van der Waals surface area contributed by atoms with Gasteiger partial charge in [0, 0.05) is 12.6 Å². The van der Waals surface area contributed by atoms with Crippen LogP contribution in [-0.2, 0) is 6.42 Å². The molecule has 4 rings (SSSR count). The predicted octanol–water partition coefficient (Wildman–Crippen LogP) is 6.34. The number of nitrogens with one attached hydrogen (secondary N) is 1. The van der Waals surface area contributed by atoms with E-state index in [9.17, 15) is 17.6 Å². The average Bonchev–Trinajstić information content (AvgIpc) is 3.16. The monoisotopic (exact) mass is 490 g/mol. The predicted molar refractivity (Wildman–Crippen MR) is 132 cm³/mol. The molecule has 0 spiro atoms. The van der Waals surface area contributed by atoms with E-state index in [2.05, 4.69) is 17.4 Å². The smallest absolute Gasteiger partial charge is 0.401 e. The summed E-state index contributed by atoms with van der Waals surface area (Å²) < 4.78 is 59.6. The molecule has 0 aromatic heterocycles. The Morgan fingerprint density at radius 1 is 1.09 bits per heavy atom. The highest BCUT2D eigenvalue weighted by Gasteiger charge is 2.44. The zero-order valence-corrected chi connectivity index (χ0v) is 20.6. The van der Waals surface area contributed by atoms with E-state index >= 15 is 0 Å². The molecule has 2 aromatic rings. The third-order valence-corrected chi connectivity index (χ3v) is 7.18. The van der Waals surface area contributed by atoms with Crippen LogP contribution < -0.4 is 10.1 Å². The Bertz CT molecular complexity index is 1080. The van der Waals surface area contributed by atoms with Crippen LogP contribution in [0, 0.1) is 13.8 Å². The molecule has 0 bridgehead atoms. The number of fused-ring (bicyclic) bond motifs is 2. The van der Waals surface area contributed by atoms with E-state index in [0.29, 0.717) is 44.7 Å². The molecule has 0 saturated carbocycles. The van der Waals surface area contributed by atoms with Gasteiger partial charge in [0.25, 0.3) is 0 Å². The molecule has 1 heterocycles. The molecular weight excluding hydrogens is 456 g/mol. The maximum atomic E-state index is 13.8. The van der Waals surface area contributed by atoms with Gasteiger partial charge < -0.3 is 10.1 Å². The van der Waals surface area contributed by atoms with Crippen LogP contribution in [0.2, 0.25) is 0 Å². The van der Waals surface area contributed by atoms with Gasteiger partial charge in [0.2, 0.25) is 0 Å². The summed E-state index contributed by atoms with van der Waals surface area (Å²) in [5.74, 6) is 0.681. The Morgan fingerprint density at radius 2 is 1.86 bits per heavy atom. The van der Waals surface area contributed by atoms with Crippen molar-refractivity contribution in [2.75, 3.05) is 32.9 Å². The summed E-state index contributed by atoms with van der Waals surface area (Å²) in [7, 11) is 0. The molecule has 1 aliphatic carbocycles. The number of rotatable bonds is 9. The fourth-order valence-corrected chi connectivity index (χ4v) is 5.59. The van der Waals surface area contributed by atoms with Crippen molar-refractivity contribution in [2.24, 2.45) is 0 Å². The number of halogens is 4. The van der Waals surface area contributed by atoms with Crippen molar-refractivity contribution < 1.29 is 22.3 Å². The average molecular weight is 491 g/mol. The molecule has 2 aliphatic rings. The highest BCUT2D eigenvalue weighted by molar-refractivity contribution is 5.79. The van der Waals surface area contributed by atoms with Crippen molar-refractivity contribution in [3.63, 3.8) is 0 Å². The van der Waals surface area contributed by atoms with Gasteiger partial charge in [-0.05, 0) is 91.6 Å². The van der Waals surface area contributed by atoms with Crippen LogP contribution in [0.4, 0.5) is 17.6 Å². The summed E-state index contributed by atoms with van der Waals surface area (Å²) >= 11 is 0.